The summed E-state index contributed by atoms with van der Waals surface area (Å²) >= 11 is 0. The van der Waals surface area contributed by atoms with Crippen LogP contribution in [0.5, 0.6) is 0 Å². The zero-order valence-corrected chi connectivity index (χ0v) is 21.8. The van der Waals surface area contributed by atoms with Crippen LogP contribution in [0.2, 0.25) is 0 Å². The van der Waals surface area contributed by atoms with Crippen LogP contribution in [0.25, 0.3) is 0 Å². The molecule has 1 saturated heterocycles. The zero-order valence-electron chi connectivity index (χ0n) is 21.0. The molecule has 3 rings (SSSR count). The summed E-state index contributed by atoms with van der Waals surface area (Å²) in [6.07, 6.45) is 6.97. The highest BCUT2D eigenvalue weighted by molar-refractivity contribution is 5.91. The molecule has 4 N–H and O–H groups in total. The smallest absolute Gasteiger partial charge is 0.247 e. The van der Waals surface area contributed by atoms with Gasteiger partial charge in [-0.3, -0.25) is 14.4 Å². The molecule has 35 heavy (non-hydrogen) atoms. The van der Waals surface area contributed by atoms with E-state index >= 15 is 0 Å². The van der Waals surface area contributed by atoms with Crippen molar-refractivity contribution in [3.8, 4) is 0 Å². The zero-order chi connectivity index (χ0) is 24.6. The lowest BCUT2D eigenvalue weighted by molar-refractivity contribution is -0.141. The Labute approximate surface area is 215 Å². The number of amides is 3. The highest BCUT2D eigenvalue weighted by atomic mass is 35.5. The number of rotatable bonds is 9. The van der Waals surface area contributed by atoms with E-state index < -0.39 is 17.5 Å². The van der Waals surface area contributed by atoms with Crippen molar-refractivity contribution in [2.75, 3.05) is 19.7 Å². The fourth-order valence-corrected chi connectivity index (χ4v) is 4.54. The van der Waals surface area contributed by atoms with Gasteiger partial charge in [0.25, 0.3) is 0 Å². The molecular weight excluding hydrogens is 468 g/mol. The van der Waals surface area contributed by atoms with E-state index in [1.165, 1.54) is 19.3 Å². The fourth-order valence-electron chi connectivity index (χ4n) is 4.54. The molecular formula is C26H41ClN4O4. The minimum atomic E-state index is -1.11. The van der Waals surface area contributed by atoms with Crippen molar-refractivity contribution in [2.24, 2.45) is 11.7 Å². The Morgan fingerprint density at radius 3 is 2.29 bits per heavy atom. The van der Waals surface area contributed by atoms with E-state index in [-0.39, 0.29) is 36.7 Å². The topological polar surface area (TPSA) is 114 Å². The molecule has 0 aromatic heterocycles. The first-order chi connectivity index (χ1) is 16.2. The van der Waals surface area contributed by atoms with Gasteiger partial charge < -0.3 is 26.0 Å². The molecule has 196 valence electrons. The van der Waals surface area contributed by atoms with Gasteiger partial charge in [0.1, 0.15) is 6.04 Å². The second-order valence-electron chi connectivity index (χ2n) is 10.2. The Morgan fingerprint density at radius 1 is 1.06 bits per heavy atom. The van der Waals surface area contributed by atoms with Crippen LogP contribution in [-0.4, -0.2) is 59.9 Å². The summed E-state index contributed by atoms with van der Waals surface area (Å²) in [5.74, 6) is -0.566. The van der Waals surface area contributed by atoms with E-state index in [0.29, 0.717) is 38.6 Å². The van der Waals surface area contributed by atoms with Crippen molar-refractivity contribution >= 4 is 30.1 Å². The molecule has 2 fully saturated rings. The van der Waals surface area contributed by atoms with Crippen molar-refractivity contribution in [3.63, 3.8) is 0 Å². The average Bonchev–Trinajstić information content (AvgIpc) is 2.83. The van der Waals surface area contributed by atoms with Crippen molar-refractivity contribution in [3.05, 3.63) is 35.9 Å². The van der Waals surface area contributed by atoms with Gasteiger partial charge in [0, 0.05) is 25.0 Å². The predicted octanol–water partition coefficient (Wildman–Crippen LogP) is 2.53. The number of ether oxygens (including phenoxy) is 1. The van der Waals surface area contributed by atoms with Gasteiger partial charge in [-0.1, -0.05) is 49.6 Å². The van der Waals surface area contributed by atoms with E-state index in [1.807, 2.05) is 30.3 Å². The normalized spacial score (nSPS) is 18.3. The number of nitrogens with two attached hydrogens (primary N) is 1. The fraction of sp³-hybridized carbons (Fsp3) is 0.654. The summed E-state index contributed by atoms with van der Waals surface area (Å²) < 4.78 is 5.78. The van der Waals surface area contributed by atoms with Crippen LogP contribution in [0.3, 0.4) is 0 Å². The lowest BCUT2D eigenvalue weighted by Crippen LogP contribution is -2.58. The summed E-state index contributed by atoms with van der Waals surface area (Å²) in [7, 11) is 0. The Morgan fingerprint density at radius 2 is 1.69 bits per heavy atom. The molecule has 1 aromatic rings. The number of hydrogen-bond donors (Lipinski definition) is 3. The number of hydrogen-bond acceptors (Lipinski definition) is 5. The molecule has 1 aromatic carbocycles. The molecule has 8 nitrogen and oxygen atoms in total. The van der Waals surface area contributed by atoms with Gasteiger partial charge in [0.05, 0.1) is 18.8 Å². The third-order valence-electron chi connectivity index (χ3n) is 6.71. The first-order valence-electron chi connectivity index (χ1n) is 12.5. The van der Waals surface area contributed by atoms with Crippen LogP contribution < -0.4 is 16.4 Å². The van der Waals surface area contributed by atoms with Crippen molar-refractivity contribution in [2.45, 2.75) is 83.0 Å². The van der Waals surface area contributed by atoms with E-state index in [1.54, 1.807) is 18.7 Å². The molecule has 2 aliphatic rings. The van der Waals surface area contributed by atoms with Gasteiger partial charge in [0.15, 0.2) is 0 Å². The minimum absolute atomic E-state index is 0. The minimum Gasteiger partial charge on any atom is -0.374 e. The monoisotopic (exact) mass is 508 g/mol. The number of carbonyl (C=O) groups excluding carboxylic acids is 3. The number of halogens is 1. The summed E-state index contributed by atoms with van der Waals surface area (Å²) in [4.78, 5) is 40.2. The Kier molecular flexibility index (Phi) is 11.5. The number of nitrogens with zero attached hydrogens (tertiary/aromatic N) is 1. The van der Waals surface area contributed by atoms with Gasteiger partial charge in [-0.25, -0.2) is 0 Å². The molecule has 1 heterocycles. The highest BCUT2D eigenvalue weighted by Crippen LogP contribution is 2.22. The van der Waals surface area contributed by atoms with Gasteiger partial charge >= 0.3 is 0 Å². The average molecular weight is 509 g/mol. The summed E-state index contributed by atoms with van der Waals surface area (Å²) in [5.41, 5.74) is 5.81. The second-order valence-corrected chi connectivity index (χ2v) is 10.2. The number of benzene rings is 1. The molecule has 1 saturated carbocycles. The molecule has 1 aliphatic heterocycles. The van der Waals surface area contributed by atoms with E-state index in [9.17, 15) is 14.4 Å². The van der Waals surface area contributed by atoms with Gasteiger partial charge in [0.2, 0.25) is 17.7 Å². The van der Waals surface area contributed by atoms with Crippen LogP contribution in [-0.2, 0) is 25.7 Å². The molecule has 0 bridgehead atoms. The third kappa shape index (κ3) is 9.09. The van der Waals surface area contributed by atoms with Crippen LogP contribution in [0.1, 0.15) is 64.4 Å². The maximum Gasteiger partial charge on any atom is 0.247 e. The van der Waals surface area contributed by atoms with Crippen molar-refractivity contribution in [1.82, 2.24) is 15.5 Å². The summed E-state index contributed by atoms with van der Waals surface area (Å²) in [5, 5.41) is 5.98. The number of likely N-dealkylation sites (tertiary alicyclic amines) is 1. The summed E-state index contributed by atoms with van der Waals surface area (Å²) in [6, 6.07) is 9.14. The van der Waals surface area contributed by atoms with Crippen molar-refractivity contribution < 1.29 is 19.1 Å². The Balaban J connectivity index is 0.00000432. The van der Waals surface area contributed by atoms with E-state index in [4.69, 9.17) is 10.5 Å². The molecule has 3 amide bonds. The molecule has 0 unspecified atom stereocenters. The standard InChI is InChI=1S/C26H40N4O4.ClH/c1-26(2,27)25(33)29-22(18-34-17-19-9-5-3-6-10-19)24(32)30-15-13-20(14-16-30)23(31)28-21-11-7-4-8-12-21;/h3,5-6,9-10,20-22H,4,7-8,11-18,27H2,1-2H3,(H,28,31)(H,29,33);1H/t22-;/m1./s1. The SMILES string of the molecule is CC(C)(N)C(=O)N[C@H](COCc1ccccc1)C(=O)N1CCC(C(=O)NC2CCCCC2)CC1.Cl. The predicted molar refractivity (Wildman–Crippen MR) is 138 cm³/mol. The summed E-state index contributed by atoms with van der Waals surface area (Å²) in [6.45, 7) is 4.57. The number of nitrogens with one attached hydrogen (secondary N) is 2. The highest BCUT2D eigenvalue weighted by Gasteiger charge is 2.34. The molecule has 1 atom stereocenters. The maximum absolute atomic E-state index is 13.3. The molecule has 9 heteroatoms. The molecule has 0 spiro atoms. The van der Waals surface area contributed by atoms with Crippen LogP contribution in [0.4, 0.5) is 0 Å². The molecule has 0 radical (unpaired) electrons. The van der Waals surface area contributed by atoms with Crippen LogP contribution in [0.15, 0.2) is 30.3 Å². The Hall–Kier alpha value is -2.16. The van der Waals surface area contributed by atoms with E-state index in [0.717, 1.165) is 18.4 Å². The van der Waals surface area contributed by atoms with Crippen LogP contribution in [0, 0.1) is 5.92 Å². The quantitative estimate of drug-likeness (QED) is 0.474. The van der Waals surface area contributed by atoms with Crippen molar-refractivity contribution in [1.29, 1.82) is 0 Å². The Bertz CT molecular complexity index is 816. The maximum atomic E-state index is 13.3. The van der Waals surface area contributed by atoms with Gasteiger partial charge in [-0.15, -0.1) is 12.4 Å². The number of carbonyl (C=O) groups is 3. The lowest BCUT2D eigenvalue weighted by atomic mass is 9.92. The van der Waals surface area contributed by atoms with Crippen LogP contribution >= 0.6 is 12.4 Å². The lowest BCUT2D eigenvalue weighted by Gasteiger charge is -2.35. The van der Waals surface area contributed by atoms with Gasteiger partial charge in [-0.2, -0.15) is 0 Å². The first-order valence-corrected chi connectivity index (χ1v) is 12.5. The largest absolute Gasteiger partial charge is 0.374 e. The first kappa shape index (κ1) is 29.1. The van der Waals surface area contributed by atoms with E-state index in [2.05, 4.69) is 10.6 Å². The number of piperidine rings is 1. The molecule has 1 aliphatic carbocycles. The third-order valence-corrected chi connectivity index (χ3v) is 6.71. The van der Waals surface area contributed by atoms with Gasteiger partial charge in [-0.05, 0) is 45.1 Å². The second kappa shape index (κ2) is 13.8.